The summed E-state index contributed by atoms with van der Waals surface area (Å²) in [7, 11) is 2.25. The zero-order valence-corrected chi connectivity index (χ0v) is 12.2. The van der Waals surface area contributed by atoms with Crippen molar-refractivity contribution >= 4 is 0 Å². The molecule has 110 valence electrons. The molecule has 4 heteroatoms. The summed E-state index contributed by atoms with van der Waals surface area (Å²) in [6, 6.07) is 5.78. The van der Waals surface area contributed by atoms with E-state index in [4.69, 9.17) is 9.47 Å². The largest absolute Gasteiger partial charge is 0.486 e. The van der Waals surface area contributed by atoms with Gasteiger partial charge >= 0.3 is 0 Å². The third-order valence-corrected chi connectivity index (χ3v) is 4.46. The standard InChI is InChI=1S/C16H24NO3/c1-17(7-3-2-4-8-17)12-14(18)13-5-6-15-16(11-13)20-10-9-19-15/h5-6,11,14,18H,2-4,7-10,12H2,1H3/q+1. The fraction of sp³-hybridized carbons (Fsp3) is 0.625. The molecule has 20 heavy (non-hydrogen) atoms. The summed E-state index contributed by atoms with van der Waals surface area (Å²) in [4.78, 5) is 0. The van der Waals surface area contributed by atoms with Gasteiger partial charge in [0.1, 0.15) is 25.9 Å². The van der Waals surface area contributed by atoms with E-state index < -0.39 is 6.10 Å². The number of nitrogens with zero attached hydrogens (tertiary/aromatic N) is 1. The van der Waals surface area contributed by atoms with Gasteiger partial charge < -0.3 is 19.1 Å². The Morgan fingerprint density at radius 1 is 1.10 bits per heavy atom. The summed E-state index contributed by atoms with van der Waals surface area (Å²) < 4.78 is 12.1. The molecule has 0 aliphatic carbocycles. The minimum Gasteiger partial charge on any atom is -0.486 e. The topological polar surface area (TPSA) is 38.7 Å². The molecule has 1 aromatic rings. The van der Waals surface area contributed by atoms with E-state index in [2.05, 4.69) is 7.05 Å². The number of rotatable bonds is 3. The van der Waals surface area contributed by atoms with E-state index in [9.17, 15) is 5.11 Å². The number of hydrogen-bond acceptors (Lipinski definition) is 3. The number of fused-ring (bicyclic) bond motifs is 1. The van der Waals surface area contributed by atoms with Gasteiger partial charge in [-0.2, -0.15) is 0 Å². The van der Waals surface area contributed by atoms with Crippen LogP contribution in [0.3, 0.4) is 0 Å². The van der Waals surface area contributed by atoms with Crippen LogP contribution in [0.1, 0.15) is 30.9 Å². The molecular weight excluding hydrogens is 254 g/mol. The summed E-state index contributed by atoms with van der Waals surface area (Å²) in [6.07, 6.45) is 3.43. The number of quaternary nitrogens is 1. The van der Waals surface area contributed by atoms with Gasteiger partial charge in [-0.1, -0.05) is 6.07 Å². The summed E-state index contributed by atoms with van der Waals surface area (Å²) in [5.41, 5.74) is 0.930. The van der Waals surface area contributed by atoms with Crippen molar-refractivity contribution in [3.63, 3.8) is 0 Å². The van der Waals surface area contributed by atoms with Crippen molar-refractivity contribution in [2.24, 2.45) is 0 Å². The number of likely N-dealkylation sites (N-methyl/N-ethyl adjacent to an activating group) is 1. The second kappa shape index (κ2) is 5.62. The zero-order chi connectivity index (χ0) is 14.0. The highest BCUT2D eigenvalue weighted by atomic mass is 16.6. The van der Waals surface area contributed by atoms with Crippen LogP contribution >= 0.6 is 0 Å². The lowest BCUT2D eigenvalue weighted by Crippen LogP contribution is -2.50. The number of piperidine rings is 1. The van der Waals surface area contributed by atoms with Gasteiger partial charge in [0, 0.05) is 0 Å². The Morgan fingerprint density at radius 3 is 2.55 bits per heavy atom. The Balaban J connectivity index is 1.71. The van der Waals surface area contributed by atoms with Crippen molar-refractivity contribution in [1.82, 2.24) is 0 Å². The molecule has 1 fully saturated rings. The van der Waals surface area contributed by atoms with Crippen LogP contribution in [0.15, 0.2) is 18.2 Å². The van der Waals surface area contributed by atoms with Gasteiger partial charge in [-0.3, -0.25) is 0 Å². The van der Waals surface area contributed by atoms with Gasteiger partial charge in [-0.05, 0) is 37.0 Å². The Hall–Kier alpha value is -1.26. The predicted molar refractivity (Wildman–Crippen MR) is 77.0 cm³/mol. The highest BCUT2D eigenvalue weighted by molar-refractivity contribution is 5.44. The molecule has 1 atom stereocenters. The van der Waals surface area contributed by atoms with E-state index in [1.807, 2.05) is 18.2 Å². The molecule has 2 aliphatic heterocycles. The molecule has 1 N–H and O–H groups in total. The predicted octanol–water partition coefficient (Wildman–Crippen LogP) is 2.12. The lowest BCUT2D eigenvalue weighted by Gasteiger charge is -2.39. The minimum atomic E-state index is -0.436. The molecule has 1 saturated heterocycles. The van der Waals surface area contributed by atoms with Crippen molar-refractivity contribution in [2.45, 2.75) is 25.4 Å². The summed E-state index contributed by atoms with van der Waals surface area (Å²) in [5, 5.41) is 10.5. The normalized spacial score (nSPS) is 22.3. The second-order valence-electron chi connectivity index (χ2n) is 6.23. The molecule has 0 bridgehead atoms. The number of aliphatic hydroxyl groups excluding tert-OH is 1. The number of hydrogen-bond donors (Lipinski definition) is 1. The van der Waals surface area contributed by atoms with E-state index in [0.29, 0.717) is 13.2 Å². The first-order chi connectivity index (χ1) is 9.66. The Labute approximate surface area is 120 Å². The van der Waals surface area contributed by atoms with Crippen molar-refractivity contribution in [2.75, 3.05) is 39.9 Å². The minimum absolute atomic E-state index is 0.436. The molecule has 4 nitrogen and oxygen atoms in total. The summed E-state index contributed by atoms with van der Waals surface area (Å²) >= 11 is 0. The molecule has 0 radical (unpaired) electrons. The maximum Gasteiger partial charge on any atom is 0.161 e. The molecule has 0 saturated carbocycles. The van der Waals surface area contributed by atoms with Crippen LogP contribution in [0.2, 0.25) is 0 Å². The highest BCUT2D eigenvalue weighted by Crippen LogP contribution is 2.33. The molecule has 0 aromatic heterocycles. The first-order valence-electron chi connectivity index (χ1n) is 7.57. The Kier molecular flexibility index (Phi) is 3.85. The Bertz CT molecular complexity index is 469. The van der Waals surface area contributed by atoms with Gasteiger partial charge in [0.25, 0.3) is 0 Å². The number of aliphatic hydroxyl groups is 1. The van der Waals surface area contributed by atoms with E-state index in [-0.39, 0.29) is 0 Å². The third-order valence-electron chi connectivity index (χ3n) is 4.46. The Morgan fingerprint density at radius 2 is 1.80 bits per heavy atom. The first kappa shape index (κ1) is 13.7. The van der Waals surface area contributed by atoms with Crippen LogP contribution in [-0.4, -0.2) is 49.5 Å². The smallest absolute Gasteiger partial charge is 0.161 e. The van der Waals surface area contributed by atoms with Crippen molar-refractivity contribution in [1.29, 1.82) is 0 Å². The SMILES string of the molecule is C[N+]1(CC(O)c2ccc3c(c2)OCCO3)CCCCC1. The van der Waals surface area contributed by atoms with E-state index in [1.54, 1.807) is 0 Å². The summed E-state index contributed by atoms with van der Waals surface area (Å²) in [5.74, 6) is 1.54. The van der Waals surface area contributed by atoms with Crippen LogP contribution in [0.5, 0.6) is 11.5 Å². The first-order valence-corrected chi connectivity index (χ1v) is 7.57. The lowest BCUT2D eigenvalue weighted by molar-refractivity contribution is -0.917. The van der Waals surface area contributed by atoms with Crippen molar-refractivity contribution in [3.8, 4) is 11.5 Å². The monoisotopic (exact) mass is 278 g/mol. The maximum atomic E-state index is 10.5. The van der Waals surface area contributed by atoms with Gasteiger partial charge in [0.05, 0.1) is 20.1 Å². The molecule has 1 unspecified atom stereocenters. The van der Waals surface area contributed by atoms with E-state index in [0.717, 1.165) is 28.1 Å². The molecule has 0 amide bonds. The van der Waals surface area contributed by atoms with Gasteiger partial charge in [0.15, 0.2) is 11.5 Å². The maximum absolute atomic E-state index is 10.5. The van der Waals surface area contributed by atoms with Crippen LogP contribution < -0.4 is 9.47 Å². The van der Waals surface area contributed by atoms with Crippen LogP contribution in [0.25, 0.3) is 0 Å². The van der Waals surface area contributed by atoms with E-state index in [1.165, 1.54) is 32.4 Å². The number of likely N-dealkylation sites (tertiary alicyclic amines) is 1. The molecule has 1 aromatic carbocycles. The van der Waals surface area contributed by atoms with Gasteiger partial charge in [-0.25, -0.2) is 0 Å². The quantitative estimate of drug-likeness (QED) is 0.861. The molecule has 2 aliphatic rings. The van der Waals surface area contributed by atoms with Crippen molar-refractivity contribution < 1.29 is 19.1 Å². The second-order valence-corrected chi connectivity index (χ2v) is 6.23. The average molecular weight is 278 g/mol. The van der Waals surface area contributed by atoms with Gasteiger partial charge in [-0.15, -0.1) is 0 Å². The number of ether oxygens (including phenoxy) is 2. The molecular formula is C16H24NO3+. The lowest BCUT2D eigenvalue weighted by atomic mass is 10.0. The summed E-state index contributed by atoms with van der Waals surface area (Å²) in [6.45, 7) is 4.30. The van der Waals surface area contributed by atoms with E-state index >= 15 is 0 Å². The molecule has 2 heterocycles. The van der Waals surface area contributed by atoms with Crippen LogP contribution in [0.4, 0.5) is 0 Å². The van der Waals surface area contributed by atoms with Gasteiger partial charge in [0.2, 0.25) is 0 Å². The van der Waals surface area contributed by atoms with Crippen molar-refractivity contribution in [3.05, 3.63) is 23.8 Å². The fourth-order valence-electron chi connectivity index (χ4n) is 3.25. The van der Waals surface area contributed by atoms with Crippen LogP contribution in [0, 0.1) is 0 Å². The highest BCUT2D eigenvalue weighted by Gasteiger charge is 2.29. The molecule has 3 rings (SSSR count). The number of benzene rings is 1. The fourth-order valence-corrected chi connectivity index (χ4v) is 3.25. The molecule has 0 spiro atoms. The average Bonchev–Trinajstić information content (AvgIpc) is 2.47. The van der Waals surface area contributed by atoms with Crippen LogP contribution in [-0.2, 0) is 0 Å². The third kappa shape index (κ3) is 2.91. The zero-order valence-electron chi connectivity index (χ0n) is 12.2.